The molecule has 1 radical (unpaired) electrons. The minimum absolute atomic E-state index is 0. The van der Waals surface area contributed by atoms with E-state index in [0.717, 1.165) is 19.3 Å². The summed E-state index contributed by atoms with van der Waals surface area (Å²) in [7, 11) is 0. The average Bonchev–Trinajstić information content (AvgIpc) is 1.86. The Hall–Kier alpha value is 0.844. The number of allylic oxidation sites excluding steroid dienone is 2. The van der Waals surface area contributed by atoms with Crippen LogP contribution in [0.15, 0.2) is 12.2 Å². The second-order valence-corrected chi connectivity index (χ2v) is 1.71. The Morgan fingerprint density at radius 2 is 1.50 bits per heavy atom. The van der Waals surface area contributed by atoms with E-state index in [2.05, 4.69) is 19.9 Å². The van der Waals surface area contributed by atoms with Crippen molar-refractivity contribution < 1.29 is 32.7 Å². The third kappa shape index (κ3) is 71.1. The molecule has 0 saturated carbocycles. The largest absolute Gasteiger partial charge is 0.344 e. The SMILES string of the molecule is C.C.[CH2-]CC.[CH2-]CCC=CC.[Y]. The van der Waals surface area contributed by atoms with E-state index in [1.807, 2.05) is 19.9 Å². The Labute approximate surface area is 106 Å². The number of rotatable bonds is 2. The zero-order valence-corrected chi connectivity index (χ0v) is 10.1. The predicted molar refractivity (Wildman–Crippen MR) is 58.5 cm³/mol. The molecule has 0 aromatic rings. The first kappa shape index (κ1) is 29.3. The molecular weight excluding hydrogens is 221 g/mol. The summed E-state index contributed by atoms with van der Waals surface area (Å²) in [5.41, 5.74) is 0. The predicted octanol–water partition coefficient (Wildman–Crippen LogP) is 4.68. The second-order valence-electron chi connectivity index (χ2n) is 1.71. The molecule has 0 saturated heterocycles. The van der Waals surface area contributed by atoms with E-state index in [1.165, 1.54) is 0 Å². The molecule has 0 aliphatic heterocycles. The molecule has 0 aromatic carbocycles. The fourth-order valence-electron chi connectivity index (χ4n) is 0.285. The summed E-state index contributed by atoms with van der Waals surface area (Å²) in [5.74, 6) is 0. The quantitative estimate of drug-likeness (QED) is 0.491. The van der Waals surface area contributed by atoms with Crippen LogP contribution >= 0.6 is 0 Å². The van der Waals surface area contributed by atoms with Gasteiger partial charge in [-0.3, -0.25) is 0 Å². The zero-order chi connectivity index (χ0) is 7.54. The van der Waals surface area contributed by atoms with Gasteiger partial charge < -0.3 is 13.8 Å². The van der Waals surface area contributed by atoms with Crippen molar-refractivity contribution in [3.63, 3.8) is 0 Å². The minimum Gasteiger partial charge on any atom is -0.344 e. The molecule has 0 aliphatic rings. The zero-order valence-electron chi connectivity index (χ0n) is 7.27. The van der Waals surface area contributed by atoms with E-state index >= 15 is 0 Å². The van der Waals surface area contributed by atoms with Gasteiger partial charge in [-0.05, 0) is 6.92 Å². The van der Waals surface area contributed by atoms with E-state index < -0.39 is 0 Å². The van der Waals surface area contributed by atoms with Crippen molar-refractivity contribution >= 4 is 0 Å². The molecule has 0 amide bonds. The molecule has 0 spiro atoms. The number of hydrogen-bond donors (Lipinski definition) is 0. The van der Waals surface area contributed by atoms with Gasteiger partial charge in [0.2, 0.25) is 0 Å². The Balaban J connectivity index is -0.0000000246. The maximum atomic E-state index is 3.67. The third-order valence-electron chi connectivity index (χ3n) is 0.606. The summed E-state index contributed by atoms with van der Waals surface area (Å²) >= 11 is 0. The molecule has 0 aliphatic carbocycles. The molecular formula is C11H26Y-2. The van der Waals surface area contributed by atoms with E-state index in [0.29, 0.717) is 0 Å². The standard InChI is InChI=1S/C6H11.C3H7.2CH4.Y/c1-3-5-6-4-2;1-3-2;;;/h4,6H,1,3,5H2,2H3;1,3H2,2H3;2*1H4;/q2*-1;;;. The van der Waals surface area contributed by atoms with Crippen molar-refractivity contribution in [1.82, 2.24) is 0 Å². The third-order valence-corrected chi connectivity index (χ3v) is 0.606. The Bertz CT molecular complexity index is 49.0. The fourth-order valence-corrected chi connectivity index (χ4v) is 0.285. The molecule has 75 valence electrons. The van der Waals surface area contributed by atoms with Crippen LogP contribution in [0.3, 0.4) is 0 Å². The van der Waals surface area contributed by atoms with Gasteiger partial charge >= 0.3 is 0 Å². The van der Waals surface area contributed by atoms with Crippen molar-refractivity contribution in [2.24, 2.45) is 0 Å². The summed E-state index contributed by atoms with van der Waals surface area (Å²) in [5, 5.41) is 0. The van der Waals surface area contributed by atoms with Gasteiger partial charge in [-0.15, -0.1) is 0 Å². The van der Waals surface area contributed by atoms with Crippen LogP contribution in [0.1, 0.15) is 48.0 Å². The minimum atomic E-state index is 0. The van der Waals surface area contributed by atoms with Crippen molar-refractivity contribution in [2.45, 2.75) is 48.0 Å². The van der Waals surface area contributed by atoms with E-state index in [1.54, 1.807) is 0 Å². The van der Waals surface area contributed by atoms with E-state index in [9.17, 15) is 0 Å². The summed E-state index contributed by atoms with van der Waals surface area (Å²) in [6.45, 7) is 11.2. The molecule has 0 N–H and O–H groups in total. The van der Waals surface area contributed by atoms with Crippen molar-refractivity contribution in [1.29, 1.82) is 0 Å². The smallest absolute Gasteiger partial charge is 0 e. The monoisotopic (exact) mass is 247 g/mol. The molecule has 0 bridgehead atoms. The van der Waals surface area contributed by atoms with Gasteiger partial charge in [-0.2, -0.15) is 12.8 Å². The molecule has 0 unspecified atom stereocenters. The maximum Gasteiger partial charge on any atom is 0 e. The van der Waals surface area contributed by atoms with Gasteiger partial charge in [-0.1, -0.05) is 40.3 Å². The van der Waals surface area contributed by atoms with Crippen LogP contribution < -0.4 is 0 Å². The van der Waals surface area contributed by atoms with Crippen molar-refractivity contribution in [2.75, 3.05) is 0 Å². The van der Waals surface area contributed by atoms with Crippen molar-refractivity contribution in [3.05, 3.63) is 26.0 Å². The second kappa shape index (κ2) is 40.8. The Morgan fingerprint density at radius 1 is 1.17 bits per heavy atom. The molecule has 0 nitrogen and oxygen atoms in total. The molecule has 0 heterocycles. The molecule has 0 fully saturated rings. The van der Waals surface area contributed by atoms with Crippen LogP contribution in [0.2, 0.25) is 0 Å². The first-order chi connectivity index (χ1) is 4.33. The van der Waals surface area contributed by atoms with Crippen LogP contribution in [-0.4, -0.2) is 0 Å². The van der Waals surface area contributed by atoms with Crippen LogP contribution in [0.5, 0.6) is 0 Å². The van der Waals surface area contributed by atoms with Crippen LogP contribution in [0, 0.1) is 13.8 Å². The van der Waals surface area contributed by atoms with Crippen LogP contribution in [0.4, 0.5) is 0 Å². The van der Waals surface area contributed by atoms with Gasteiger partial charge in [0.25, 0.3) is 0 Å². The summed E-state index contributed by atoms with van der Waals surface area (Å²) in [4.78, 5) is 0. The van der Waals surface area contributed by atoms with E-state index in [4.69, 9.17) is 0 Å². The van der Waals surface area contributed by atoms with Gasteiger partial charge in [-0.25, -0.2) is 0 Å². The molecule has 0 atom stereocenters. The number of unbranched alkanes of at least 4 members (excludes halogenated alkanes) is 1. The first-order valence-corrected chi connectivity index (χ1v) is 3.53. The first-order valence-electron chi connectivity index (χ1n) is 3.53. The molecule has 12 heavy (non-hydrogen) atoms. The summed E-state index contributed by atoms with van der Waals surface area (Å²) in [6.07, 6.45) is 7.30. The Kier molecular flexibility index (Phi) is 99.5. The molecule has 0 rings (SSSR count). The molecule has 1 heteroatoms. The molecule has 0 aromatic heterocycles. The summed E-state index contributed by atoms with van der Waals surface area (Å²) in [6, 6.07) is 0. The van der Waals surface area contributed by atoms with Crippen LogP contribution in [-0.2, 0) is 32.7 Å². The van der Waals surface area contributed by atoms with Gasteiger partial charge in [0.15, 0.2) is 0 Å². The normalized spacial score (nSPS) is 6.67. The fraction of sp³-hybridized carbons (Fsp3) is 0.636. The average molecular weight is 247 g/mol. The van der Waals surface area contributed by atoms with E-state index in [-0.39, 0.29) is 47.6 Å². The van der Waals surface area contributed by atoms with Gasteiger partial charge in [0.1, 0.15) is 0 Å². The topological polar surface area (TPSA) is 0 Å². The van der Waals surface area contributed by atoms with Crippen LogP contribution in [0.25, 0.3) is 0 Å². The Morgan fingerprint density at radius 3 is 1.58 bits per heavy atom. The summed E-state index contributed by atoms with van der Waals surface area (Å²) < 4.78 is 0. The van der Waals surface area contributed by atoms with Crippen molar-refractivity contribution in [3.8, 4) is 0 Å². The number of hydrogen-bond acceptors (Lipinski definition) is 0. The van der Waals surface area contributed by atoms with Gasteiger partial charge in [0, 0.05) is 32.7 Å². The maximum absolute atomic E-state index is 3.67. The van der Waals surface area contributed by atoms with Gasteiger partial charge in [0.05, 0.1) is 0 Å².